The molecule has 2 aliphatic carbocycles. The quantitative estimate of drug-likeness (QED) is 0.597. The summed E-state index contributed by atoms with van der Waals surface area (Å²) >= 11 is 0. The number of rotatable bonds is 2. The van der Waals surface area contributed by atoms with Crippen LogP contribution in [0.2, 0.25) is 0 Å². The summed E-state index contributed by atoms with van der Waals surface area (Å²) in [5.74, 6) is 1.80. The summed E-state index contributed by atoms with van der Waals surface area (Å²) in [7, 11) is 0. The Morgan fingerprint density at radius 3 is 1.40 bits per heavy atom. The van der Waals surface area contributed by atoms with Gasteiger partial charge in [0.25, 0.3) is 0 Å². The van der Waals surface area contributed by atoms with Gasteiger partial charge in [0.2, 0.25) is 0 Å². The molecule has 0 radical (unpaired) electrons. The van der Waals surface area contributed by atoms with Crippen LogP contribution in [0.5, 0.6) is 0 Å². The Bertz CT molecular complexity index is 204. The highest BCUT2D eigenvalue weighted by atomic mass is 14.6. The van der Waals surface area contributed by atoms with Crippen LogP contribution in [0.25, 0.3) is 0 Å². The van der Waals surface area contributed by atoms with E-state index in [2.05, 4.69) is 27.7 Å². The smallest absolute Gasteiger partial charge is 0.0269 e. The predicted molar refractivity (Wildman–Crippen MR) is 66.9 cm³/mol. The van der Waals surface area contributed by atoms with Crippen molar-refractivity contribution in [2.75, 3.05) is 0 Å². The summed E-state index contributed by atoms with van der Waals surface area (Å²) < 4.78 is 0. The van der Waals surface area contributed by atoms with Crippen molar-refractivity contribution in [2.24, 2.45) is 22.7 Å². The zero-order chi connectivity index (χ0) is 11.1. The van der Waals surface area contributed by atoms with Crippen LogP contribution in [0.1, 0.15) is 72.6 Å². The molecule has 0 aliphatic heterocycles. The summed E-state index contributed by atoms with van der Waals surface area (Å²) in [6.45, 7) is 9.84. The lowest BCUT2D eigenvalue weighted by Crippen LogP contribution is -2.28. The third-order valence-corrected chi connectivity index (χ3v) is 5.87. The first kappa shape index (κ1) is 11.5. The molecule has 0 nitrogen and oxygen atoms in total. The van der Waals surface area contributed by atoms with E-state index >= 15 is 0 Å². The van der Waals surface area contributed by atoms with E-state index in [4.69, 9.17) is 0 Å². The van der Waals surface area contributed by atoms with Gasteiger partial charge in [-0.1, -0.05) is 40.5 Å². The van der Waals surface area contributed by atoms with Crippen molar-refractivity contribution in [1.29, 1.82) is 0 Å². The first-order valence-electron chi connectivity index (χ1n) is 7.01. The number of fused-ring (bicyclic) bond motifs is 2. The van der Waals surface area contributed by atoms with Crippen molar-refractivity contribution in [3.63, 3.8) is 0 Å². The summed E-state index contributed by atoms with van der Waals surface area (Å²) in [4.78, 5) is 0. The molecule has 2 bridgehead atoms. The van der Waals surface area contributed by atoms with Gasteiger partial charge in [0.1, 0.15) is 0 Å². The van der Waals surface area contributed by atoms with Crippen LogP contribution in [-0.2, 0) is 0 Å². The first-order valence-corrected chi connectivity index (χ1v) is 7.01. The molecule has 2 atom stereocenters. The van der Waals surface area contributed by atoms with Crippen molar-refractivity contribution in [1.82, 2.24) is 0 Å². The molecular formula is C15H28. The maximum absolute atomic E-state index is 2.46. The van der Waals surface area contributed by atoms with E-state index in [1.165, 1.54) is 44.9 Å². The van der Waals surface area contributed by atoms with Crippen molar-refractivity contribution in [3.8, 4) is 0 Å². The fourth-order valence-corrected chi connectivity index (χ4v) is 4.32. The van der Waals surface area contributed by atoms with E-state index in [1.54, 1.807) is 0 Å². The largest absolute Gasteiger partial charge is 0.0622 e. The van der Waals surface area contributed by atoms with Gasteiger partial charge in [-0.15, -0.1) is 0 Å². The van der Waals surface area contributed by atoms with E-state index in [0.29, 0.717) is 0 Å². The van der Waals surface area contributed by atoms with Gasteiger partial charge in [0.05, 0.1) is 0 Å². The monoisotopic (exact) mass is 208 g/mol. The summed E-state index contributed by atoms with van der Waals surface area (Å²) in [6, 6.07) is 0. The minimum absolute atomic E-state index is 0.723. The Labute approximate surface area is 95.8 Å². The lowest BCUT2D eigenvalue weighted by molar-refractivity contribution is 0.130. The van der Waals surface area contributed by atoms with Crippen molar-refractivity contribution >= 4 is 0 Å². The lowest BCUT2D eigenvalue weighted by Gasteiger charge is -2.37. The molecule has 0 aromatic rings. The molecule has 0 saturated heterocycles. The Morgan fingerprint density at radius 1 is 0.667 bits per heavy atom. The number of hydrogen-bond acceptors (Lipinski definition) is 0. The van der Waals surface area contributed by atoms with Gasteiger partial charge in [-0.25, -0.2) is 0 Å². The normalized spacial score (nSPS) is 41.2. The lowest BCUT2D eigenvalue weighted by atomic mass is 9.68. The van der Waals surface area contributed by atoms with Gasteiger partial charge in [0.15, 0.2) is 0 Å². The predicted octanol–water partition coefficient (Wildman–Crippen LogP) is 5.03. The van der Waals surface area contributed by atoms with E-state index < -0.39 is 0 Å². The summed E-state index contributed by atoms with van der Waals surface area (Å²) in [5.41, 5.74) is 1.45. The van der Waals surface area contributed by atoms with Crippen LogP contribution in [0.3, 0.4) is 0 Å². The highest BCUT2D eigenvalue weighted by Crippen LogP contribution is 2.62. The van der Waals surface area contributed by atoms with Gasteiger partial charge in [-0.3, -0.25) is 0 Å². The maximum Gasteiger partial charge on any atom is -0.0269 e. The second kappa shape index (κ2) is 3.79. The van der Waals surface area contributed by atoms with Crippen LogP contribution in [0, 0.1) is 22.7 Å². The Hall–Kier alpha value is 0. The molecule has 0 spiro atoms. The van der Waals surface area contributed by atoms with E-state index in [0.717, 1.165) is 22.7 Å². The van der Waals surface area contributed by atoms with Crippen molar-refractivity contribution in [2.45, 2.75) is 72.6 Å². The fraction of sp³-hybridized carbons (Fsp3) is 1.00. The Kier molecular flexibility index (Phi) is 2.90. The van der Waals surface area contributed by atoms with Gasteiger partial charge in [-0.2, -0.15) is 0 Å². The van der Waals surface area contributed by atoms with Crippen LogP contribution in [-0.4, -0.2) is 0 Å². The molecule has 2 saturated carbocycles. The molecule has 88 valence electrons. The zero-order valence-electron chi connectivity index (χ0n) is 11.1. The molecule has 0 N–H and O–H groups in total. The second-order valence-electron chi connectivity index (χ2n) is 6.92. The molecular weight excluding hydrogens is 180 g/mol. The fourth-order valence-electron chi connectivity index (χ4n) is 4.32. The van der Waals surface area contributed by atoms with E-state index in [9.17, 15) is 0 Å². The third kappa shape index (κ3) is 1.74. The average molecular weight is 208 g/mol. The van der Waals surface area contributed by atoms with E-state index in [-0.39, 0.29) is 0 Å². The van der Waals surface area contributed by atoms with E-state index in [1.807, 2.05) is 0 Å². The molecule has 0 aromatic carbocycles. The minimum atomic E-state index is 0.723. The third-order valence-electron chi connectivity index (χ3n) is 5.87. The van der Waals surface area contributed by atoms with Gasteiger partial charge in [0, 0.05) is 0 Å². The second-order valence-corrected chi connectivity index (χ2v) is 6.92. The van der Waals surface area contributed by atoms with Crippen LogP contribution < -0.4 is 0 Å². The van der Waals surface area contributed by atoms with Crippen LogP contribution in [0.15, 0.2) is 0 Å². The molecule has 0 aromatic heterocycles. The SMILES string of the molecule is CC(C)C12CCCCC(C(C)C)(CC1)C2. The van der Waals surface area contributed by atoms with Crippen molar-refractivity contribution in [3.05, 3.63) is 0 Å². The Morgan fingerprint density at radius 2 is 1.07 bits per heavy atom. The van der Waals surface area contributed by atoms with Gasteiger partial charge >= 0.3 is 0 Å². The summed E-state index contributed by atoms with van der Waals surface area (Å²) in [6.07, 6.45) is 10.6. The molecule has 0 heterocycles. The molecule has 2 aliphatic rings. The molecule has 2 unspecified atom stereocenters. The topological polar surface area (TPSA) is 0 Å². The van der Waals surface area contributed by atoms with Crippen LogP contribution in [0.4, 0.5) is 0 Å². The molecule has 15 heavy (non-hydrogen) atoms. The first-order chi connectivity index (χ1) is 7.01. The maximum atomic E-state index is 2.46. The van der Waals surface area contributed by atoms with Gasteiger partial charge in [-0.05, 0) is 54.8 Å². The molecule has 0 heteroatoms. The zero-order valence-corrected chi connectivity index (χ0v) is 11.1. The van der Waals surface area contributed by atoms with Crippen molar-refractivity contribution < 1.29 is 0 Å². The standard InChI is InChI=1S/C15H28/c1-12(2)14-7-5-6-8-15(11-14,10-9-14)13(3)4/h12-13H,5-11H2,1-4H3. The Balaban J connectivity index is 2.25. The molecule has 0 amide bonds. The highest BCUT2D eigenvalue weighted by molar-refractivity contribution is 5.01. The summed E-state index contributed by atoms with van der Waals surface area (Å²) in [5, 5.41) is 0. The molecule has 2 fully saturated rings. The average Bonchev–Trinajstić information content (AvgIpc) is 2.40. The molecule has 2 rings (SSSR count). The highest BCUT2D eigenvalue weighted by Gasteiger charge is 2.51. The van der Waals surface area contributed by atoms with Gasteiger partial charge < -0.3 is 0 Å². The van der Waals surface area contributed by atoms with Crippen LogP contribution >= 0.6 is 0 Å². The number of hydrogen-bond donors (Lipinski definition) is 0. The minimum Gasteiger partial charge on any atom is -0.0622 e.